The molecule has 0 amide bonds. The van der Waals surface area contributed by atoms with Gasteiger partial charge >= 0.3 is 0 Å². The fraction of sp³-hybridized carbons (Fsp3) is 0.357. The zero-order valence-electron chi connectivity index (χ0n) is 10.7. The van der Waals surface area contributed by atoms with Gasteiger partial charge in [0.15, 0.2) is 0 Å². The smallest absolute Gasteiger partial charge is 0.0787 e. The Hall–Kier alpha value is -1.13. The molecule has 0 atom stereocenters. The van der Waals surface area contributed by atoms with Crippen LogP contribution in [-0.2, 0) is 6.54 Å². The van der Waals surface area contributed by atoms with Crippen LogP contribution in [0.3, 0.4) is 0 Å². The van der Waals surface area contributed by atoms with Crippen LogP contribution in [0.4, 0.5) is 0 Å². The van der Waals surface area contributed by atoms with Crippen molar-refractivity contribution in [3.05, 3.63) is 46.7 Å². The van der Waals surface area contributed by atoms with Crippen LogP contribution in [0.1, 0.15) is 19.5 Å². The summed E-state index contributed by atoms with van der Waals surface area (Å²) >= 11 is 3.54. The van der Waals surface area contributed by atoms with Crippen LogP contribution in [0, 0.1) is 5.92 Å². The normalized spacial score (nSPS) is 11.1. The molecule has 0 spiro atoms. The van der Waals surface area contributed by atoms with Crippen molar-refractivity contribution in [2.45, 2.75) is 20.4 Å². The standard InChI is InChI=1S/C14H18BrN3/c1-11(2)9-16-10-12-7-8-18(17-12)14-6-4-3-5-13(14)15/h3-8,11,16H,9-10H2,1-2H3. The van der Waals surface area contributed by atoms with Gasteiger partial charge in [0.2, 0.25) is 0 Å². The molecule has 1 aromatic heterocycles. The average Bonchev–Trinajstić information content (AvgIpc) is 2.78. The Kier molecular flexibility index (Phi) is 4.55. The number of nitrogens with zero attached hydrogens (tertiary/aromatic N) is 2. The van der Waals surface area contributed by atoms with E-state index in [0.29, 0.717) is 5.92 Å². The number of para-hydroxylation sites is 1. The molecule has 0 saturated heterocycles. The van der Waals surface area contributed by atoms with E-state index in [2.05, 4.69) is 40.2 Å². The van der Waals surface area contributed by atoms with E-state index in [0.717, 1.165) is 28.9 Å². The van der Waals surface area contributed by atoms with Gasteiger partial charge < -0.3 is 5.32 Å². The maximum absolute atomic E-state index is 4.56. The Morgan fingerprint density at radius 2 is 2.06 bits per heavy atom. The molecule has 3 nitrogen and oxygen atoms in total. The molecule has 1 heterocycles. The number of nitrogens with one attached hydrogen (secondary N) is 1. The molecule has 0 bridgehead atoms. The van der Waals surface area contributed by atoms with Crippen molar-refractivity contribution in [3.8, 4) is 5.69 Å². The second-order valence-corrected chi connectivity index (χ2v) is 5.58. The van der Waals surface area contributed by atoms with Crippen molar-refractivity contribution in [2.75, 3.05) is 6.54 Å². The lowest BCUT2D eigenvalue weighted by Crippen LogP contribution is -2.19. The predicted octanol–water partition coefficient (Wildman–Crippen LogP) is 3.38. The predicted molar refractivity (Wildman–Crippen MR) is 77.8 cm³/mol. The van der Waals surface area contributed by atoms with Gasteiger partial charge in [-0.1, -0.05) is 26.0 Å². The molecule has 0 aliphatic rings. The molecule has 4 heteroatoms. The number of hydrogen-bond acceptors (Lipinski definition) is 2. The second kappa shape index (κ2) is 6.16. The summed E-state index contributed by atoms with van der Waals surface area (Å²) in [5.74, 6) is 0.662. The van der Waals surface area contributed by atoms with E-state index in [1.54, 1.807) is 0 Å². The maximum atomic E-state index is 4.56. The van der Waals surface area contributed by atoms with E-state index in [1.165, 1.54) is 0 Å². The second-order valence-electron chi connectivity index (χ2n) is 4.73. The van der Waals surface area contributed by atoms with Gasteiger partial charge in [0.25, 0.3) is 0 Å². The zero-order valence-corrected chi connectivity index (χ0v) is 12.3. The Morgan fingerprint density at radius 3 is 2.78 bits per heavy atom. The number of aromatic nitrogens is 2. The zero-order chi connectivity index (χ0) is 13.0. The summed E-state index contributed by atoms with van der Waals surface area (Å²) in [5.41, 5.74) is 2.12. The summed E-state index contributed by atoms with van der Waals surface area (Å²) in [6.07, 6.45) is 1.99. The molecule has 2 aromatic rings. The van der Waals surface area contributed by atoms with E-state index in [1.807, 2.05) is 41.2 Å². The Balaban J connectivity index is 2.04. The minimum atomic E-state index is 0.662. The third kappa shape index (κ3) is 3.43. The van der Waals surface area contributed by atoms with Crippen LogP contribution in [0.25, 0.3) is 5.69 Å². The first-order chi connectivity index (χ1) is 8.66. The van der Waals surface area contributed by atoms with Crippen LogP contribution in [0.15, 0.2) is 41.0 Å². The van der Waals surface area contributed by atoms with E-state index < -0.39 is 0 Å². The number of rotatable bonds is 5. The highest BCUT2D eigenvalue weighted by Gasteiger charge is 2.04. The fourth-order valence-electron chi connectivity index (χ4n) is 1.72. The third-order valence-corrected chi connectivity index (χ3v) is 3.27. The summed E-state index contributed by atoms with van der Waals surface area (Å²) < 4.78 is 2.95. The summed E-state index contributed by atoms with van der Waals surface area (Å²) in [6, 6.07) is 10.1. The first-order valence-corrected chi connectivity index (χ1v) is 6.96. The summed E-state index contributed by atoms with van der Waals surface area (Å²) in [7, 11) is 0. The quantitative estimate of drug-likeness (QED) is 0.917. The lowest BCUT2D eigenvalue weighted by atomic mass is 10.2. The molecule has 0 saturated carbocycles. The van der Waals surface area contributed by atoms with E-state index in [-0.39, 0.29) is 0 Å². The molecular weight excluding hydrogens is 290 g/mol. The topological polar surface area (TPSA) is 29.9 Å². The number of halogens is 1. The van der Waals surface area contributed by atoms with Gasteiger partial charge in [0, 0.05) is 17.2 Å². The van der Waals surface area contributed by atoms with E-state index in [9.17, 15) is 0 Å². The van der Waals surface area contributed by atoms with Crippen LogP contribution in [0.5, 0.6) is 0 Å². The third-order valence-electron chi connectivity index (χ3n) is 2.60. The van der Waals surface area contributed by atoms with Crippen molar-refractivity contribution >= 4 is 15.9 Å². The highest BCUT2D eigenvalue weighted by atomic mass is 79.9. The van der Waals surface area contributed by atoms with Crippen molar-refractivity contribution in [3.63, 3.8) is 0 Å². The molecule has 0 aliphatic heterocycles. The molecule has 1 aromatic carbocycles. The monoisotopic (exact) mass is 307 g/mol. The van der Waals surface area contributed by atoms with Gasteiger partial charge in [0.1, 0.15) is 0 Å². The molecule has 0 fully saturated rings. The van der Waals surface area contributed by atoms with Gasteiger partial charge in [0.05, 0.1) is 11.4 Å². The van der Waals surface area contributed by atoms with Crippen molar-refractivity contribution in [2.24, 2.45) is 5.92 Å². The molecule has 1 N–H and O–H groups in total. The van der Waals surface area contributed by atoms with Crippen molar-refractivity contribution < 1.29 is 0 Å². The van der Waals surface area contributed by atoms with E-state index >= 15 is 0 Å². The molecule has 18 heavy (non-hydrogen) atoms. The molecule has 0 unspecified atom stereocenters. The van der Waals surface area contributed by atoms with Crippen LogP contribution >= 0.6 is 15.9 Å². The van der Waals surface area contributed by atoms with Crippen LogP contribution in [0.2, 0.25) is 0 Å². The van der Waals surface area contributed by atoms with Gasteiger partial charge in [-0.25, -0.2) is 4.68 Å². The SMILES string of the molecule is CC(C)CNCc1ccn(-c2ccccc2Br)n1. The van der Waals surface area contributed by atoms with Gasteiger partial charge in [-0.05, 0) is 46.6 Å². The van der Waals surface area contributed by atoms with Gasteiger partial charge in [-0.15, -0.1) is 0 Å². The molecule has 96 valence electrons. The summed E-state index contributed by atoms with van der Waals surface area (Å²) in [4.78, 5) is 0. The highest BCUT2D eigenvalue weighted by Crippen LogP contribution is 2.19. The number of hydrogen-bond donors (Lipinski definition) is 1. The Bertz CT molecular complexity index is 505. The minimum absolute atomic E-state index is 0.662. The lowest BCUT2D eigenvalue weighted by Gasteiger charge is -2.06. The Labute approximate surface area is 116 Å². The van der Waals surface area contributed by atoms with Crippen molar-refractivity contribution in [1.82, 2.24) is 15.1 Å². The first kappa shape index (κ1) is 13.3. The van der Waals surface area contributed by atoms with Crippen LogP contribution < -0.4 is 5.32 Å². The van der Waals surface area contributed by atoms with Crippen molar-refractivity contribution in [1.29, 1.82) is 0 Å². The largest absolute Gasteiger partial charge is 0.311 e. The summed E-state index contributed by atoms with van der Waals surface area (Å²) in [5, 5.41) is 7.96. The van der Waals surface area contributed by atoms with Gasteiger partial charge in [-0.2, -0.15) is 5.10 Å². The average molecular weight is 308 g/mol. The molecule has 2 rings (SSSR count). The number of benzene rings is 1. The first-order valence-electron chi connectivity index (χ1n) is 6.17. The maximum Gasteiger partial charge on any atom is 0.0787 e. The minimum Gasteiger partial charge on any atom is -0.311 e. The molecule has 0 radical (unpaired) electrons. The highest BCUT2D eigenvalue weighted by molar-refractivity contribution is 9.10. The summed E-state index contributed by atoms with van der Waals surface area (Å²) in [6.45, 7) is 6.23. The lowest BCUT2D eigenvalue weighted by molar-refractivity contribution is 0.546. The van der Waals surface area contributed by atoms with E-state index in [4.69, 9.17) is 0 Å². The van der Waals surface area contributed by atoms with Crippen LogP contribution in [-0.4, -0.2) is 16.3 Å². The molecule has 0 aliphatic carbocycles. The Morgan fingerprint density at radius 1 is 1.28 bits per heavy atom. The molecular formula is C14H18BrN3. The van der Waals surface area contributed by atoms with Gasteiger partial charge in [-0.3, -0.25) is 0 Å². The fourth-order valence-corrected chi connectivity index (χ4v) is 2.18.